The molecule has 3 aliphatic carbocycles. The third-order valence-electron chi connectivity index (χ3n) is 5.91. The monoisotopic (exact) mass is 411 g/mol. The summed E-state index contributed by atoms with van der Waals surface area (Å²) in [6, 6.07) is 8.84. The largest absolute Gasteiger partial charge is 0.507 e. The fraction of sp³-hybridized carbons (Fsp3) is 0.500. The fourth-order valence-electron chi connectivity index (χ4n) is 4.83. The lowest BCUT2D eigenvalue weighted by Gasteiger charge is -2.71. The first kappa shape index (κ1) is 20.3. The van der Waals surface area contributed by atoms with Crippen LogP contribution in [0.15, 0.2) is 30.3 Å². The number of ether oxygens (including phenoxy) is 1. The van der Waals surface area contributed by atoms with E-state index in [1.807, 2.05) is 32.9 Å². The van der Waals surface area contributed by atoms with Gasteiger partial charge in [-0.25, -0.2) is 4.79 Å². The Kier molecular flexibility index (Phi) is 4.75. The van der Waals surface area contributed by atoms with Crippen LogP contribution in [0.1, 0.15) is 40.0 Å². The number of nitrogens with one attached hydrogen (secondary N) is 2. The first-order valence-electron chi connectivity index (χ1n) is 10.2. The molecule has 0 spiro atoms. The van der Waals surface area contributed by atoms with E-state index in [-0.39, 0.29) is 22.7 Å². The highest BCUT2D eigenvalue weighted by atomic mass is 16.6. The highest BCUT2D eigenvalue weighted by Gasteiger charge is 2.67. The number of nitrogen functional groups attached to an aromatic ring is 1. The molecule has 0 aliphatic heterocycles. The number of hydrogen-bond acceptors (Lipinski definition) is 7. The van der Waals surface area contributed by atoms with Gasteiger partial charge in [0.1, 0.15) is 11.4 Å². The number of phenolic OH excluding ortho intramolecular Hbond substituents is 1. The number of aromatic hydroxyl groups is 1. The summed E-state index contributed by atoms with van der Waals surface area (Å²) in [5.41, 5.74) is 7.86. The van der Waals surface area contributed by atoms with Crippen molar-refractivity contribution in [3.63, 3.8) is 0 Å². The van der Waals surface area contributed by atoms with E-state index < -0.39 is 5.60 Å². The highest BCUT2D eigenvalue weighted by molar-refractivity contribution is 5.73. The lowest BCUT2D eigenvalue weighted by Crippen LogP contribution is -2.67. The zero-order valence-electron chi connectivity index (χ0n) is 17.7. The summed E-state index contributed by atoms with van der Waals surface area (Å²) >= 11 is 0. The Morgan fingerprint density at radius 1 is 1.17 bits per heavy atom. The molecule has 160 valence electrons. The van der Waals surface area contributed by atoms with Crippen LogP contribution in [0.2, 0.25) is 0 Å². The number of nitrogens with two attached hydrogens (primary N) is 1. The second-order valence-electron chi connectivity index (χ2n) is 9.78. The molecule has 3 saturated carbocycles. The molecule has 0 atom stereocenters. The lowest BCUT2D eigenvalue weighted by atomic mass is 9.35. The van der Waals surface area contributed by atoms with Crippen LogP contribution < -0.4 is 16.4 Å². The molecule has 3 aliphatic rings. The molecule has 30 heavy (non-hydrogen) atoms. The van der Waals surface area contributed by atoms with Gasteiger partial charge in [0, 0.05) is 18.7 Å². The zero-order valence-corrected chi connectivity index (χ0v) is 17.7. The van der Waals surface area contributed by atoms with Gasteiger partial charge in [0.25, 0.3) is 0 Å². The fourth-order valence-corrected chi connectivity index (χ4v) is 4.83. The number of alkyl carbamates (subject to hydrolysis) is 1. The van der Waals surface area contributed by atoms with Crippen LogP contribution >= 0.6 is 0 Å². The molecular formula is C22H29N5O3. The normalized spacial score (nSPS) is 24.4. The number of phenols is 1. The number of nitrogens with zero attached hydrogens (tertiary/aromatic N) is 2. The van der Waals surface area contributed by atoms with Crippen molar-refractivity contribution in [1.82, 2.24) is 15.5 Å². The van der Waals surface area contributed by atoms with E-state index in [4.69, 9.17) is 10.5 Å². The molecule has 2 aromatic rings. The minimum absolute atomic E-state index is 0.154. The van der Waals surface area contributed by atoms with Gasteiger partial charge in [0.15, 0.2) is 5.82 Å². The standard InChI is InChI=1S/C22H29N5O3/c1-20(2,3)30-19(29)25-13-22-9-21(10-22,11-22)12-24-16-8-15(26-27-18(16)23)14-6-4-5-7-17(14)28/h4-8,28H,9-13H2,1-3H3,(H2,23,27)(H,24,26)(H,25,29). The molecule has 8 nitrogen and oxygen atoms in total. The number of carbonyl (C=O) groups excluding carboxylic acids is 1. The molecule has 0 saturated heterocycles. The Hall–Kier alpha value is -3.03. The topological polar surface area (TPSA) is 122 Å². The van der Waals surface area contributed by atoms with Crippen LogP contribution in [-0.2, 0) is 4.74 Å². The van der Waals surface area contributed by atoms with E-state index in [1.165, 1.54) is 0 Å². The van der Waals surface area contributed by atoms with Crippen LogP contribution in [0.5, 0.6) is 5.75 Å². The van der Waals surface area contributed by atoms with Gasteiger partial charge in [0.2, 0.25) is 0 Å². The molecule has 0 unspecified atom stereocenters. The second kappa shape index (κ2) is 7.04. The van der Waals surface area contributed by atoms with E-state index >= 15 is 0 Å². The van der Waals surface area contributed by atoms with Crippen LogP contribution in [-0.4, -0.2) is 40.1 Å². The Morgan fingerprint density at radius 3 is 2.50 bits per heavy atom. The van der Waals surface area contributed by atoms with Crippen molar-refractivity contribution in [2.45, 2.75) is 45.6 Å². The van der Waals surface area contributed by atoms with Crippen LogP contribution in [0.4, 0.5) is 16.3 Å². The summed E-state index contributed by atoms with van der Waals surface area (Å²) in [5.74, 6) is 0.489. The van der Waals surface area contributed by atoms with E-state index in [0.717, 1.165) is 25.8 Å². The maximum atomic E-state index is 11.9. The summed E-state index contributed by atoms with van der Waals surface area (Å²) in [6.45, 7) is 7.02. The molecule has 1 aromatic carbocycles. The summed E-state index contributed by atoms with van der Waals surface area (Å²) in [4.78, 5) is 11.9. The number of anilines is 2. The van der Waals surface area contributed by atoms with Crippen molar-refractivity contribution in [1.29, 1.82) is 0 Å². The minimum atomic E-state index is -0.484. The molecule has 1 amide bonds. The third kappa shape index (κ3) is 3.99. The Morgan fingerprint density at radius 2 is 1.83 bits per heavy atom. The number of rotatable bonds is 6. The first-order chi connectivity index (χ1) is 14.1. The predicted octanol–water partition coefficient (Wildman–Crippen LogP) is 3.54. The summed E-state index contributed by atoms with van der Waals surface area (Å²) in [7, 11) is 0. The average molecular weight is 412 g/mol. The predicted molar refractivity (Wildman–Crippen MR) is 115 cm³/mol. The Labute approximate surface area is 176 Å². The molecule has 5 N–H and O–H groups in total. The SMILES string of the molecule is CC(C)(C)OC(=O)NCC12CC(CNc3cc(-c4ccccc4O)nnc3N)(C1)C2. The molecule has 2 bridgehead atoms. The van der Waals surface area contributed by atoms with Crippen molar-refractivity contribution >= 4 is 17.6 Å². The second-order valence-corrected chi connectivity index (χ2v) is 9.78. The van der Waals surface area contributed by atoms with Crippen LogP contribution in [0, 0.1) is 10.8 Å². The van der Waals surface area contributed by atoms with Gasteiger partial charge in [-0.1, -0.05) is 12.1 Å². The molecule has 0 radical (unpaired) electrons. The number of benzene rings is 1. The molecule has 3 fully saturated rings. The molecule has 8 heteroatoms. The third-order valence-corrected chi connectivity index (χ3v) is 5.91. The van der Waals surface area contributed by atoms with E-state index in [9.17, 15) is 9.90 Å². The number of hydrogen-bond donors (Lipinski definition) is 4. The van der Waals surface area contributed by atoms with Gasteiger partial charge in [-0.2, -0.15) is 0 Å². The van der Waals surface area contributed by atoms with Gasteiger partial charge in [-0.15, -0.1) is 10.2 Å². The van der Waals surface area contributed by atoms with Crippen LogP contribution in [0.25, 0.3) is 11.3 Å². The first-order valence-corrected chi connectivity index (χ1v) is 10.2. The van der Waals surface area contributed by atoms with Crippen molar-refractivity contribution in [2.75, 3.05) is 24.1 Å². The van der Waals surface area contributed by atoms with Crippen molar-refractivity contribution in [2.24, 2.45) is 10.8 Å². The summed E-state index contributed by atoms with van der Waals surface area (Å²) in [6.07, 6.45) is 2.83. The number of carbonyl (C=O) groups is 1. The smallest absolute Gasteiger partial charge is 0.407 e. The maximum Gasteiger partial charge on any atom is 0.407 e. The van der Waals surface area contributed by atoms with E-state index in [1.54, 1.807) is 18.2 Å². The Balaban J connectivity index is 1.31. The van der Waals surface area contributed by atoms with Gasteiger partial charge in [-0.3, -0.25) is 0 Å². The van der Waals surface area contributed by atoms with Gasteiger partial charge < -0.3 is 26.2 Å². The summed E-state index contributed by atoms with van der Waals surface area (Å²) < 4.78 is 5.31. The van der Waals surface area contributed by atoms with Crippen molar-refractivity contribution in [3.05, 3.63) is 30.3 Å². The molecule has 5 rings (SSSR count). The summed E-state index contributed by atoms with van der Waals surface area (Å²) in [5, 5.41) is 24.5. The molecular weight excluding hydrogens is 382 g/mol. The van der Waals surface area contributed by atoms with Gasteiger partial charge >= 0.3 is 6.09 Å². The zero-order chi connectivity index (χ0) is 21.6. The quantitative estimate of drug-likeness (QED) is 0.573. The highest BCUT2D eigenvalue weighted by Crippen LogP contribution is 2.72. The van der Waals surface area contributed by atoms with E-state index in [0.29, 0.717) is 29.3 Å². The van der Waals surface area contributed by atoms with Crippen molar-refractivity contribution in [3.8, 4) is 17.0 Å². The molecule has 1 aromatic heterocycles. The van der Waals surface area contributed by atoms with E-state index in [2.05, 4.69) is 20.8 Å². The maximum absolute atomic E-state index is 11.9. The number of para-hydroxylation sites is 1. The van der Waals surface area contributed by atoms with Crippen LogP contribution in [0.3, 0.4) is 0 Å². The number of amides is 1. The number of aromatic nitrogens is 2. The minimum Gasteiger partial charge on any atom is -0.507 e. The lowest BCUT2D eigenvalue weighted by molar-refractivity contribution is -0.189. The molecule has 1 heterocycles. The van der Waals surface area contributed by atoms with Gasteiger partial charge in [-0.05, 0) is 69.1 Å². The van der Waals surface area contributed by atoms with Crippen molar-refractivity contribution < 1.29 is 14.6 Å². The van der Waals surface area contributed by atoms with Gasteiger partial charge in [0.05, 0.1) is 11.4 Å². The average Bonchev–Trinajstić information content (AvgIpc) is 2.59. The Bertz CT molecular complexity index is 950.